The molecule has 18 heavy (non-hydrogen) atoms. The minimum atomic E-state index is -0.993. The summed E-state index contributed by atoms with van der Waals surface area (Å²) in [5, 5.41) is 20.1. The molecule has 0 aliphatic rings. The lowest BCUT2D eigenvalue weighted by Crippen LogP contribution is -2.19. The summed E-state index contributed by atoms with van der Waals surface area (Å²) in [6.45, 7) is 6.67. The SMILES string of the molecule is COCC(C)CNc1nnc(C)c(C)c1C(=O)O. The van der Waals surface area contributed by atoms with Crippen LogP contribution in [-0.2, 0) is 4.74 Å². The van der Waals surface area contributed by atoms with Crippen molar-refractivity contribution in [2.45, 2.75) is 20.8 Å². The molecule has 1 atom stereocenters. The van der Waals surface area contributed by atoms with E-state index < -0.39 is 5.97 Å². The lowest BCUT2D eigenvalue weighted by Gasteiger charge is -2.14. The third-order valence-electron chi connectivity index (χ3n) is 2.74. The Kier molecular flexibility index (Phi) is 5.03. The van der Waals surface area contributed by atoms with Crippen LogP contribution in [0.4, 0.5) is 5.82 Å². The number of ether oxygens (including phenoxy) is 1. The topological polar surface area (TPSA) is 84.3 Å². The van der Waals surface area contributed by atoms with Crippen molar-refractivity contribution in [1.29, 1.82) is 0 Å². The fraction of sp³-hybridized carbons (Fsp3) is 0.583. The lowest BCUT2D eigenvalue weighted by molar-refractivity contribution is 0.0696. The Bertz CT molecular complexity index is 435. The van der Waals surface area contributed by atoms with E-state index in [0.29, 0.717) is 30.2 Å². The molecule has 1 aromatic heterocycles. The summed E-state index contributed by atoms with van der Waals surface area (Å²) in [5.74, 6) is -0.416. The van der Waals surface area contributed by atoms with Crippen molar-refractivity contribution in [3.8, 4) is 0 Å². The number of nitrogens with one attached hydrogen (secondary N) is 1. The van der Waals surface area contributed by atoms with Crippen molar-refractivity contribution in [1.82, 2.24) is 10.2 Å². The molecule has 1 heterocycles. The fourth-order valence-corrected chi connectivity index (χ4v) is 1.61. The van der Waals surface area contributed by atoms with E-state index in [1.165, 1.54) is 0 Å². The number of aryl methyl sites for hydroxylation is 1. The Morgan fingerprint density at radius 3 is 2.67 bits per heavy atom. The highest BCUT2D eigenvalue weighted by Crippen LogP contribution is 2.18. The van der Waals surface area contributed by atoms with Gasteiger partial charge in [0.1, 0.15) is 5.56 Å². The second-order valence-corrected chi connectivity index (χ2v) is 4.38. The molecule has 0 bridgehead atoms. The van der Waals surface area contributed by atoms with Gasteiger partial charge in [0.15, 0.2) is 5.82 Å². The number of carboxylic acid groups (broad SMARTS) is 1. The molecule has 2 N–H and O–H groups in total. The van der Waals surface area contributed by atoms with E-state index in [1.807, 2.05) is 6.92 Å². The van der Waals surface area contributed by atoms with Crippen molar-refractivity contribution < 1.29 is 14.6 Å². The van der Waals surface area contributed by atoms with Crippen LogP contribution in [0.15, 0.2) is 0 Å². The van der Waals surface area contributed by atoms with Crippen LogP contribution in [0.3, 0.4) is 0 Å². The van der Waals surface area contributed by atoms with Gasteiger partial charge in [0.05, 0.1) is 12.3 Å². The average molecular weight is 253 g/mol. The van der Waals surface area contributed by atoms with E-state index in [9.17, 15) is 9.90 Å². The maximum Gasteiger partial charge on any atom is 0.339 e. The highest BCUT2D eigenvalue weighted by atomic mass is 16.5. The summed E-state index contributed by atoms with van der Waals surface area (Å²) in [6, 6.07) is 0. The molecule has 1 unspecified atom stereocenters. The number of aromatic carboxylic acids is 1. The third kappa shape index (κ3) is 3.40. The van der Waals surface area contributed by atoms with E-state index in [1.54, 1.807) is 21.0 Å². The fourth-order valence-electron chi connectivity index (χ4n) is 1.61. The lowest BCUT2D eigenvalue weighted by atomic mass is 10.1. The number of nitrogens with zero attached hydrogens (tertiary/aromatic N) is 2. The Balaban J connectivity index is 2.89. The molecule has 6 heteroatoms. The minimum Gasteiger partial charge on any atom is -0.478 e. The molecule has 0 saturated carbocycles. The number of methoxy groups -OCH3 is 1. The largest absolute Gasteiger partial charge is 0.478 e. The molecule has 1 aromatic rings. The summed E-state index contributed by atoms with van der Waals surface area (Å²) in [4.78, 5) is 11.2. The molecule has 0 aliphatic carbocycles. The van der Waals surface area contributed by atoms with E-state index >= 15 is 0 Å². The van der Waals surface area contributed by atoms with Gasteiger partial charge in [0.25, 0.3) is 0 Å². The first-order valence-corrected chi connectivity index (χ1v) is 5.77. The van der Waals surface area contributed by atoms with Gasteiger partial charge in [-0.2, -0.15) is 5.10 Å². The van der Waals surface area contributed by atoms with E-state index in [2.05, 4.69) is 15.5 Å². The molecule has 0 saturated heterocycles. The molecular weight excluding hydrogens is 234 g/mol. The summed E-state index contributed by atoms with van der Waals surface area (Å²) in [7, 11) is 1.63. The van der Waals surface area contributed by atoms with E-state index in [4.69, 9.17) is 4.74 Å². The van der Waals surface area contributed by atoms with Crippen LogP contribution in [-0.4, -0.2) is 41.5 Å². The maximum absolute atomic E-state index is 11.2. The van der Waals surface area contributed by atoms with E-state index in [0.717, 1.165) is 0 Å². The number of anilines is 1. The zero-order valence-electron chi connectivity index (χ0n) is 11.1. The van der Waals surface area contributed by atoms with Crippen molar-refractivity contribution in [3.05, 3.63) is 16.8 Å². The molecule has 0 aliphatic heterocycles. The van der Waals surface area contributed by atoms with Gasteiger partial charge >= 0.3 is 5.97 Å². The van der Waals surface area contributed by atoms with Gasteiger partial charge < -0.3 is 15.2 Å². The third-order valence-corrected chi connectivity index (χ3v) is 2.74. The van der Waals surface area contributed by atoms with Gasteiger partial charge in [-0.05, 0) is 25.3 Å². The first-order valence-electron chi connectivity index (χ1n) is 5.77. The zero-order chi connectivity index (χ0) is 13.7. The van der Waals surface area contributed by atoms with Crippen LogP contribution >= 0.6 is 0 Å². The summed E-state index contributed by atoms with van der Waals surface area (Å²) >= 11 is 0. The predicted molar refractivity (Wildman–Crippen MR) is 68.0 cm³/mol. The van der Waals surface area contributed by atoms with Crippen LogP contribution in [0.25, 0.3) is 0 Å². The van der Waals surface area contributed by atoms with Gasteiger partial charge in [0.2, 0.25) is 0 Å². The number of hydrogen-bond donors (Lipinski definition) is 2. The number of carboxylic acids is 1. The molecule has 100 valence electrons. The summed E-state index contributed by atoms with van der Waals surface area (Å²) in [5.41, 5.74) is 1.45. The Morgan fingerprint density at radius 2 is 2.11 bits per heavy atom. The molecule has 6 nitrogen and oxygen atoms in total. The zero-order valence-corrected chi connectivity index (χ0v) is 11.1. The van der Waals surface area contributed by atoms with Crippen LogP contribution in [0.1, 0.15) is 28.5 Å². The number of rotatable bonds is 6. The van der Waals surface area contributed by atoms with Crippen LogP contribution < -0.4 is 5.32 Å². The second kappa shape index (κ2) is 6.30. The molecule has 0 fully saturated rings. The number of hydrogen-bond acceptors (Lipinski definition) is 5. The normalized spacial score (nSPS) is 12.2. The smallest absolute Gasteiger partial charge is 0.339 e. The Morgan fingerprint density at radius 1 is 1.44 bits per heavy atom. The second-order valence-electron chi connectivity index (χ2n) is 4.38. The van der Waals surface area contributed by atoms with Gasteiger partial charge in [0, 0.05) is 13.7 Å². The standard InChI is InChI=1S/C12H19N3O3/c1-7(6-18-4)5-13-11-10(12(16)17)8(2)9(3)14-15-11/h7H,5-6H2,1-4H3,(H,13,15)(H,16,17). The van der Waals surface area contributed by atoms with Crippen molar-refractivity contribution in [2.75, 3.05) is 25.6 Å². The monoisotopic (exact) mass is 253 g/mol. The number of aromatic nitrogens is 2. The molecule has 0 aromatic carbocycles. The van der Waals surface area contributed by atoms with Gasteiger partial charge in [-0.1, -0.05) is 6.92 Å². The van der Waals surface area contributed by atoms with Gasteiger partial charge in [-0.25, -0.2) is 4.79 Å². The summed E-state index contributed by atoms with van der Waals surface area (Å²) in [6.07, 6.45) is 0. The highest BCUT2D eigenvalue weighted by molar-refractivity contribution is 5.94. The van der Waals surface area contributed by atoms with Crippen LogP contribution in [0.5, 0.6) is 0 Å². The van der Waals surface area contributed by atoms with Gasteiger partial charge in [-0.15, -0.1) is 5.10 Å². The first kappa shape index (κ1) is 14.4. The number of carbonyl (C=O) groups is 1. The van der Waals surface area contributed by atoms with Crippen molar-refractivity contribution >= 4 is 11.8 Å². The quantitative estimate of drug-likeness (QED) is 0.799. The minimum absolute atomic E-state index is 0.187. The molecule has 1 rings (SSSR count). The molecule has 0 amide bonds. The van der Waals surface area contributed by atoms with E-state index in [-0.39, 0.29) is 11.5 Å². The van der Waals surface area contributed by atoms with Crippen LogP contribution in [0, 0.1) is 19.8 Å². The molecular formula is C12H19N3O3. The molecule has 0 radical (unpaired) electrons. The maximum atomic E-state index is 11.2. The highest BCUT2D eigenvalue weighted by Gasteiger charge is 2.17. The average Bonchev–Trinajstić information content (AvgIpc) is 2.30. The Labute approximate surface area is 106 Å². The van der Waals surface area contributed by atoms with Gasteiger partial charge in [-0.3, -0.25) is 0 Å². The van der Waals surface area contributed by atoms with Crippen LogP contribution in [0.2, 0.25) is 0 Å². The summed E-state index contributed by atoms with van der Waals surface area (Å²) < 4.78 is 5.02. The molecule has 0 spiro atoms. The Hall–Kier alpha value is -1.69. The predicted octanol–water partition coefficient (Wildman–Crippen LogP) is 1.49. The first-order chi connectivity index (χ1) is 8.47. The van der Waals surface area contributed by atoms with Crippen molar-refractivity contribution in [3.63, 3.8) is 0 Å². The van der Waals surface area contributed by atoms with Crippen molar-refractivity contribution in [2.24, 2.45) is 5.92 Å².